The van der Waals surface area contributed by atoms with Crippen molar-refractivity contribution in [2.75, 3.05) is 0 Å². The maximum atomic E-state index is 6.02. The molecule has 0 amide bonds. The summed E-state index contributed by atoms with van der Waals surface area (Å²) in [6.07, 6.45) is 6.40. The summed E-state index contributed by atoms with van der Waals surface area (Å²) in [6.45, 7) is 0. The molecule has 1 atom stereocenters. The smallest absolute Gasteiger partial charge is 0.0408 e. The van der Waals surface area contributed by atoms with E-state index < -0.39 is 0 Å². The zero-order chi connectivity index (χ0) is 10.3. The molecular weight excluding hydrogens is 206 g/mol. The number of aryl methyl sites for hydroxylation is 1. The summed E-state index contributed by atoms with van der Waals surface area (Å²) in [5, 5.41) is 4.59. The Balaban J connectivity index is 1.75. The van der Waals surface area contributed by atoms with E-state index in [2.05, 4.69) is 17.4 Å². The first kappa shape index (κ1) is 9.68. The number of hydrogen-bond donors (Lipinski definition) is 1. The van der Waals surface area contributed by atoms with E-state index in [0.717, 1.165) is 17.5 Å². The molecule has 2 aliphatic carbocycles. The van der Waals surface area contributed by atoms with Crippen LogP contribution in [0, 0.1) is 0 Å². The van der Waals surface area contributed by atoms with Crippen LogP contribution < -0.4 is 5.32 Å². The van der Waals surface area contributed by atoms with Crippen molar-refractivity contribution < 1.29 is 0 Å². The van der Waals surface area contributed by atoms with Crippen LogP contribution in [0.1, 0.15) is 30.4 Å². The number of hydrogen-bond acceptors (Lipinski definition) is 1. The van der Waals surface area contributed by atoms with E-state index in [1.54, 1.807) is 0 Å². The summed E-state index contributed by atoms with van der Waals surface area (Å²) < 4.78 is 0. The second-order valence-electron chi connectivity index (χ2n) is 4.79. The first-order chi connectivity index (χ1) is 7.31. The van der Waals surface area contributed by atoms with E-state index in [9.17, 15) is 0 Å². The van der Waals surface area contributed by atoms with E-state index in [1.165, 1.54) is 36.8 Å². The van der Waals surface area contributed by atoms with Crippen LogP contribution in [0.2, 0.25) is 5.02 Å². The molecule has 15 heavy (non-hydrogen) atoms. The molecule has 1 fully saturated rings. The van der Waals surface area contributed by atoms with Gasteiger partial charge in [-0.05, 0) is 55.4 Å². The van der Waals surface area contributed by atoms with E-state index in [-0.39, 0.29) is 0 Å². The quantitative estimate of drug-likeness (QED) is 0.810. The lowest BCUT2D eigenvalue weighted by Crippen LogP contribution is -2.35. The Morgan fingerprint density at radius 2 is 1.93 bits per heavy atom. The van der Waals surface area contributed by atoms with Crippen LogP contribution in [0.4, 0.5) is 0 Å². The topological polar surface area (TPSA) is 12.0 Å². The highest BCUT2D eigenvalue weighted by Gasteiger charge is 2.26. The molecule has 1 unspecified atom stereocenters. The van der Waals surface area contributed by atoms with Crippen molar-refractivity contribution in [1.82, 2.24) is 5.32 Å². The van der Waals surface area contributed by atoms with Gasteiger partial charge in [-0.15, -0.1) is 0 Å². The minimum atomic E-state index is 0.684. The summed E-state index contributed by atoms with van der Waals surface area (Å²) in [5.41, 5.74) is 2.94. The number of halogens is 1. The molecule has 1 N–H and O–H groups in total. The predicted molar refractivity (Wildman–Crippen MR) is 63.4 cm³/mol. The van der Waals surface area contributed by atoms with Crippen LogP contribution in [-0.4, -0.2) is 12.1 Å². The molecule has 0 spiro atoms. The molecule has 3 rings (SSSR count). The summed E-state index contributed by atoms with van der Waals surface area (Å²) in [6, 6.07) is 7.83. The van der Waals surface area contributed by atoms with Crippen LogP contribution >= 0.6 is 11.6 Å². The van der Waals surface area contributed by atoms with Gasteiger partial charge in [0.1, 0.15) is 0 Å². The SMILES string of the molecule is Clc1ccc2c(c1)CC(NC1CC1)CC2. The molecule has 80 valence electrons. The fourth-order valence-corrected chi connectivity index (χ4v) is 2.65. The second-order valence-corrected chi connectivity index (χ2v) is 5.23. The van der Waals surface area contributed by atoms with Gasteiger partial charge in [-0.2, -0.15) is 0 Å². The molecule has 1 aromatic carbocycles. The maximum Gasteiger partial charge on any atom is 0.0408 e. The Morgan fingerprint density at radius 1 is 1.07 bits per heavy atom. The van der Waals surface area contributed by atoms with Gasteiger partial charge in [-0.1, -0.05) is 17.7 Å². The zero-order valence-corrected chi connectivity index (χ0v) is 9.56. The molecule has 0 radical (unpaired) electrons. The molecule has 0 heterocycles. The van der Waals surface area contributed by atoms with E-state index in [0.29, 0.717) is 6.04 Å². The Morgan fingerprint density at radius 3 is 2.73 bits per heavy atom. The number of benzene rings is 1. The fourth-order valence-electron chi connectivity index (χ4n) is 2.45. The molecule has 2 aliphatic rings. The van der Waals surface area contributed by atoms with E-state index in [4.69, 9.17) is 11.6 Å². The fraction of sp³-hybridized carbons (Fsp3) is 0.538. The molecule has 1 aromatic rings. The van der Waals surface area contributed by atoms with Gasteiger partial charge in [-0.25, -0.2) is 0 Å². The Bertz CT molecular complexity index is 371. The predicted octanol–water partition coefficient (Wildman–Crippen LogP) is 2.95. The van der Waals surface area contributed by atoms with Crippen molar-refractivity contribution >= 4 is 11.6 Å². The van der Waals surface area contributed by atoms with Crippen LogP contribution in [0.3, 0.4) is 0 Å². The van der Waals surface area contributed by atoms with Crippen LogP contribution in [-0.2, 0) is 12.8 Å². The Labute approximate surface area is 95.8 Å². The standard InChI is InChI=1S/C13H16ClN/c14-11-3-1-9-2-4-13(8-10(9)7-11)15-12-5-6-12/h1,3,7,12-13,15H,2,4-6,8H2. The van der Waals surface area contributed by atoms with Gasteiger partial charge in [0.05, 0.1) is 0 Å². The summed E-state index contributed by atoms with van der Waals surface area (Å²) >= 11 is 6.02. The average Bonchev–Trinajstić information content (AvgIpc) is 3.01. The van der Waals surface area contributed by atoms with Crippen molar-refractivity contribution in [3.8, 4) is 0 Å². The van der Waals surface area contributed by atoms with Gasteiger partial charge in [0.25, 0.3) is 0 Å². The highest BCUT2D eigenvalue weighted by molar-refractivity contribution is 6.30. The van der Waals surface area contributed by atoms with Crippen LogP contribution in [0.25, 0.3) is 0 Å². The lowest BCUT2D eigenvalue weighted by Gasteiger charge is -2.25. The molecule has 0 aliphatic heterocycles. The highest BCUT2D eigenvalue weighted by Crippen LogP contribution is 2.27. The minimum Gasteiger partial charge on any atom is -0.311 e. The largest absolute Gasteiger partial charge is 0.311 e. The third-order valence-corrected chi connectivity index (χ3v) is 3.68. The van der Waals surface area contributed by atoms with Gasteiger partial charge >= 0.3 is 0 Å². The van der Waals surface area contributed by atoms with Crippen LogP contribution in [0.15, 0.2) is 18.2 Å². The lowest BCUT2D eigenvalue weighted by molar-refractivity contribution is 0.456. The van der Waals surface area contributed by atoms with Gasteiger partial charge in [0, 0.05) is 17.1 Å². The van der Waals surface area contributed by atoms with E-state index in [1.807, 2.05) is 6.07 Å². The van der Waals surface area contributed by atoms with Gasteiger partial charge in [0.15, 0.2) is 0 Å². The minimum absolute atomic E-state index is 0.684. The maximum absolute atomic E-state index is 6.02. The number of nitrogens with one attached hydrogen (secondary N) is 1. The van der Waals surface area contributed by atoms with Crippen molar-refractivity contribution in [2.45, 2.75) is 44.2 Å². The molecule has 0 saturated heterocycles. The number of fused-ring (bicyclic) bond motifs is 1. The first-order valence-corrected chi connectivity index (χ1v) is 6.22. The number of rotatable bonds is 2. The van der Waals surface area contributed by atoms with Gasteiger partial charge in [-0.3, -0.25) is 0 Å². The van der Waals surface area contributed by atoms with Crippen molar-refractivity contribution in [2.24, 2.45) is 0 Å². The van der Waals surface area contributed by atoms with E-state index >= 15 is 0 Å². The Hall–Kier alpha value is -0.530. The Kier molecular flexibility index (Phi) is 2.45. The van der Waals surface area contributed by atoms with Gasteiger partial charge < -0.3 is 5.32 Å². The first-order valence-electron chi connectivity index (χ1n) is 5.84. The normalized spacial score (nSPS) is 25.0. The monoisotopic (exact) mass is 221 g/mol. The highest BCUT2D eigenvalue weighted by atomic mass is 35.5. The molecule has 0 bridgehead atoms. The van der Waals surface area contributed by atoms with Crippen LogP contribution in [0.5, 0.6) is 0 Å². The van der Waals surface area contributed by atoms with Crippen molar-refractivity contribution in [3.63, 3.8) is 0 Å². The third-order valence-electron chi connectivity index (χ3n) is 3.45. The molecular formula is C13H16ClN. The summed E-state index contributed by atoms with van der Waals surface area (Å²) in [5.74, 6) is 0. The summed E-state index contributed by atoms with van der Waals surface area (Å²) in [4.78, 5) is 0. The second kappa shape index (κ2) is 3.80. The third kappa shape index (κ3) is 2.19. The average molecular weight is 222 g/mol. The van der Waals surface area contributed by atoms with Gasteiger partial charge in [0.2, 0.25) is 0 Å². The van der Waals surface area contributed by atoms with Crippen molar-refractivity contribution in [3.05, 3.63) is 34.3 Å². The molecule has 1 nitrogen and oxygen atoms in total. The zero-order valence-electron chi connectivity index (χ0n) is 8.80. The summed E-state index contributed by atoms with van der Waals surface area (Å²) in [7, 11) is 0. The lowest BCUT2D eigenvalue weighted by atomic mass is 9.88. The molecule has 1 saturated carbocycles. The molecule has 2 heteroatoms. The molecule has 0 aromatic heterocycles. The van der Waals surface area contributed by atoms with Crippen molar-refractivity contribution in [1.29, 1.82) is 0 Å².